The van der Waals surface area contributed by atoms with Crippen LogP contribution in [0.1, 0.15) is 0 Å². The number of hydrogen-bond acceptors (Lipinski definition) is 0. The van der Waals surface area contributed by atoms with Gasteiger partial charge in [0.15, 0.2) is 0 Å². The summed E-state index contributed by atoms with van der Waals surface area (Å²) in [5, 5.41) is 0. The van der Waals surface area contributed by atoms with Crippen LogP contribution < -0.4 is 0 Å². The minimum Gasteiger partial charge on any atom is -0.269 e. The lowest BCUT2D eigenvalue weighted by Gasteiger charge is -1.05. The molecule has 0 aromatic carbocycles. The zero-order chi connectivity index (χ0) is 2.00. The fraction of sp³-hybridized carbons (Fsp3) is 1.00. The molecule has 0 amide bonds. The molecule has 0 N–H and O–H groups in total. The highest BCUT2D eigenvalue weighted by Crippen LogP contribution is 1.48. The van der Waals surface area contributed by atoms with Gasteiger partial charge in [-0.15, -0.1) is 0 Å². The zero-order valence-corrected chi connectivity index (χ0v) is 4.76. The number of alkyl halides is 1. The van der Waals surface area contributed by atoms with Crippen molar-refractivity contribution in [2.45, 2.75) is 0 Å². The fourth-order valence-corrected chi connectivity index (χ4v) is 0. The smallest absolute Gasteiger partial charge is 0.0121 e. The molecular formula is CH6F3I. The molecule has 0 aliphatic heterocycles. The molecule has 4 heteroatoms. The Morgan fingerprint density at radius 2 is 0.800 bits per heavy atom. The molecule has 0 rings (SSSR count). The molecule has 0 nitrogen and oxygen atoms in total. The van der Waals surface area contributed by atoms with Crippen LogP contribution >= 0.6 is 22.6 Å². The molecular weight excluding hydrogens is 196 g/mol. The van der Waals surface area contributed by atoms with E-state index in [1.165, 1.54) is 0 Å². The minimum atomic E-state index is 0. The molecule has 0 saturated heterocycles. The number of hydrogen-bond donors (Lipinski definition) is 0. The summed E-state index contributed by atoms with van der Waals surface area (Å²) in [4.78, 5) is 1.97. The summed E-state index contributed by atoms with van der Waals surface area (Å²) in [7, 11) is 0. The van der Waals surface area contributed by atoms with Crippen molar-refractivity contribution in [1.82, 2.24) is 0 Å². The van der Waals surface area contributed by atoms with Gasteiger partial charge >= 0.3 is 0 Å². The van der Waals surface area contributed by atoms with Crippen molar-refractivity contribution in [2.75, 3.05) is 4.93 Å². The molecule has 0 unspecified atom stereocenters. The largest absolute Gasteiger partial charge is 0.269 e. The average Bonchev–Trinajstić information content (AvgIpc) is 1.00. The molecule has 0 aliphatic carbocycles. The summed E-state index contributed by atoms with van der Waals surface area (Å²) in [6.07, 6.45) is 0. The maximum atomic E-state index is 2.15. The lowest BCUT2D eigenvalue weighted by molar-refractivity contribution is 1.11. The van der Waals surface area contributed by atoms with Crippen molar-refractivity contribution in [3.05, 3.63) is 0 Å². The Labute approximate surface area is 42.2 Å². The molecule has 5 heavy (non-hydrogen) atoms. The summed E-state index contributed by atoms with van der Waals surface area (Å²) in [5.74, 6) is 0. The van der Waals surface area contributed by atoms with Crippen LogP contribution in [0.3, 0.4) is 0 Å². The van der Waals surface area contributed by atoms with E-state index in [0.717, 1.165) is 0 Å². The lowest BCUT2D eigenvalue weighted by Crippen LogP contribution is -0.798. The van der Waals surface area contributed by atoms with Crippen LogP contribution in [0.25, 0.3) is 0 Å². The summed E-state index contributed by atoms with van der Waals surface area (Å²) in [6, 6.07) is 0. The summed E-state index contributed by atoms with van der Waals surface area (Å²) >= 11 is 2.15. The van der Waals surface area contributed by atoms with Crippen molar-refractivity contribution in [3.63, 3.8) is 0 Å². The third kappa shape index (κ3) is 106. The molecule has 0 aromatic rings. The van der Waals surface area contributed by atoms with Crippen LogP contribution in [-0.4, -0.2) is 4.93 Å². The van der Waals surface area contributed by atoms with Gasteiger partial charge in [-0.25, -0.2) is 0 Å². The molecule has 0 atom stereocenters. The fourth-order valence-electron chi connectivity index (χ4n) is 0. The average molecular weight is 202 g/mol. The van der Waals surface area contributed by atoms with E-state index >= 15 is 0 Å². The second-order valence-electron chi connectivity index (χ2n) is 0. The molecule has 0 aliphatic rings. The van der Waals surface area contributed by atoms with Gasteiger partial charge in [-0.3, -0.25) is 14.1 Å². The minimum absolute atomic E-state index is 0. The van der Waals surface area contributed by atoms with Gasteiger partial charge in [0, 0.05) is 0 Å². The van der Waals surface area contributed by atoms with E-state index in [1.54, 1.807) is 0 Å². The molecule has 0 fully saturated rings. The van der Waals surface area contributed by atoms with Gasteiger partial charge < -0.3 is 0 Å². The van der Waals surface area contributed by atoms with Gasteiger partial charge in [-0.2, -0.15) is 0 Å². The van der Waals surface area contributed by atoms with E-state index in [-0.39, 0.29) is 14.1 Å². The molecule has 0 heterocycles. The first-order valence-corrected chi connectivity index (χ1v) is 2.54. The van der Waals surface area contributed by atoms with Crippen molar-refractivity contribution in [2.24, 2.45) is 0 Å². The van der Waals surface area contributed by atoms with Crippen LogP contribution in [0.4, 0.5) is 14.1 Å². The SMILES string of the molecule is CI.F.F.F. The van der Waals surface area contributed by atoms with Gasteiger partial charge in [-0.1, -0.05) is 22.6 Å². The molecule has 0 aromatic heterocycles. The number of rotatable bonds is 0. The van der Waals surface area contributed by atoms with E-state index in [0.29, 0.717) is 0 Å². The van der Waals surface area contributed by atoms with Gasteiger partial charge in [-0.05, 0) is 4.93 Å². The molecule has 0 spiro atoms. The first-order valence-electron chi connectivity index (χ1n) is 0.378. The highest BCUT2D eigenvalue weighted by molar-refractivity contribution is 14.1. The van der Waals surface area contributed by atoms with Crippen molar-refractivity contribution >= 4 is 22.6 Å². The maximum Gasteiger partial charge on any atom is -0.0121 e. The standard InChI is InChI=1S/CH3I.3FH/c1-2;;;/h1H3;3*1H. The second kappa shape index (κ2) is 207. The van der Waals surface area contributed by atoms with Gasteiger partial charge in [0.2, 0.25) is 0 Å². The van der Waals surface area contributed by atoms with Crippen LogP contribution in [0.5, 0.6) is 0 Å². The van der Waals surface area contributed by atoms with Crippen LogP contribution in [0.15, 0.2) is 0 Å². The Morgan fingerprint density at radius 3 is 0.800 bits per heavy atom. The Balaban J connectivity index is -0.00000000167. The normalized spacial score (nSPS) is 1.20. The highest BCUT2D eigenvalue weighted by Gasteiger charge is 0.950. The molecule has 0 bridgehead atoms. The topological polar surface area (TPSA) is 0 Å². The molecule has 38 valence electrons. The third-order valence-corrected chi connectivity index (χ3v) is 0. The quantitative estimate of drug-likeness (QED) is 0.412. The van der Waals surface area contributed by atoms with E-state index in [9.17, 15) is 0 Å². The molecule has 0 saturated carbocycles. The summed E-state index contributed by atoms with van der Waals surface area (Å²) in [5.41, 5.74) is 0. The second-order valence-corrected chi connectivity index (χ2v) is 0. The Morgan fingerprint density at radius 1 is 0.800 bits per heavy atom. The van der Waals surface area contributed by atoms with E-state index in [1.807, 2.05) is 4.93 Å². The Kier molecular flexibility index (Phi) is 2020. The van der Waals surface area contributed by atoms with E-state index in [2.05, 4.69) is 22.6 Å². The highest BCUT2D eigenvalue weighted by atomic mass is 127. The Hall–Kier alpha value is 0.520. The monoisotopic (exact) mass is 202 g/mol. The van der Waals surface area contributed by atoms with Gasteiger partial charge in [0.1, 0.15) is 0 Å². The predicted octanol–water partition coefficient (Wildman–Crippen LogP) is 1.51. The van der Waals surface area contributed by atoms with Crippen molar-refractivity contribution in [1.29, 1.82) is 0 Å². The maximum absolute atomic E-state index is 2.15. The summed E-state index contributed by atoms with van der Waals surface area (Å²) in [6.45, 7) is 0. The van der Waals surface area contributed by atoms with Crippen LogP contribution in [0.2, 0.25) is 0 Å². The first kappa shape index (κ1) is 48.8. The van der Waals surface area contributed by atoms with Crippen molar-refractivity contribution in [3.8, 4) is 0 Å². The third-order valence-electron chi connectivity index (χ3n) is 0. The van der Waals surface area contributed by atoms with Crippen LogP contribution in [0, 0.1) is 0 Å². The lowest BCUT2D eigenvalue weighted by atomic mass is 12.0. The summed E-state index contributed by atoms with van der Waals surface area (Å²) < 4.78 is 0. The van der Waals surface area contributed by atoms with E-state index < -0.39 is 0 Å². The predicted molar refractivity (Wildman–Crippen MR) is 27.5 cm³/mol. The molecule has 0 radical (unpaired) electrons. The zero-order valence-electron chi connectivity index (χ0n) is 2.60. The van der Waals surface area contributed by atoms with Gasteiger partial charge in [0.05, 0.1) is 0 Å². The Bertz CT molecular complexity index is 6.85. The first-order chi connectivity index (χ1) is 1.00. The van der Waals surface area contributed by atoms with E-state index in [4.69, 9.17) is 0 Å². The van der Waals surface area contributed by atoms with Gasteiger partial charge in [0.25, 0.3) is 0 Å². The number of halogens is 4. The van der Waals surface area contributed by atoms with Crippen molar-refractivity contribution < 1.29 is 14.1 Å². The van der Waals surface area contributed by atoms with Crippen LogP contribution in [-0.2, 0) is 0 Å².